The van der Waals surface area contributed by atoms with Gasteiger partial charge in [-0.3, -0.25) is 0 Å². The normalized spacial score (nSPS) is 24.4. The van der Waals surface area contributed by atoms with Crippen molar-refractivity contribution in [3.05, 3.63) is 83.9 Å². The topological polar surface area (TPSA) is 55.1 Å². The maximum atomic E-state index is 11.8. The first kappa shape index (κ1) is 22.4. The fourth-order valence-electron chi connectivity index (χ4n) is 6.26. The predicted molar refractivity (Wildman–Crippen MR) is 134 cm³/mol. The first-order valence-corrected chi connectivity index (χ1v) is 12.2. The summed E-state index contributed by atoms with van der Waals surface area (Å²) in [6.45, 7) is 6.95. The van der Waals surface area contributed by atoms with E-state index in [0.29, 0.717) is 5.92 Å². The van der Waals surface area contributed by atoms with Crippen molar-refractivity contribution in [2.75, 3.05) is 0 Å². The monoisotopic (exact) mass is 428 g/mol. The van der Waals surface area contributed by atoms with Crippen LogP contribution in [-0.2, 0) is 0 Å². The van der Waals surface area contributed by atoms with Gasteiger partial charge in [-0.2, -0.15) is 0 Å². The average Bonchev–Trinajstić information content (AvgIpc) is 3.32. The predicted octanol–water partition coefficient (Wildman–Crippen LogP) is 6.96. The summed E-state index contributed by atoms with van der Waals surface area (Å²) in [7, 11) is 0. The number of carbonyl (C=O) groups is 1. The molecule has 32 heavy (non-hydrogen) atoms. The Morgan fingerprint density at radius 2 is 1.75 bits per heavy atom. The minimum atomic E-state index is -0.422. The molecule has 0 radical (unpaired) electrons. The Balaban J connectivity index is 1.81. The molecule has 168 valence electrons. The summed E-state index contributed by atoms with van der Waals surface area (Å²) in [4.78, 5) is 11.8. The molecule has 3 nitrogen and oxygen atoms in total. The van der Waals surface area contributed by atoms with Gasteiger partial charge in [-0.15, -0.1) is 0 Å². The smallest absolute Gasteiger partial charge is 0.312 e. The molecule has 2 aliphatic rings. The van der Waals surface area contributed by atoms with Gasteiger partial charge in [-0.25, -0.2) is 4.79 Å². The highest BCUT2D eigenvalue weighted by Crippen LogP contribution is 2.66. The molecular weight excluding hydrogens is 392 g/mol. The van der Waals surface area contributed by atoms with Gasteiger partial charge in [0.25, 0.3) is 0 Å². The largest absolute Gasteiger partial charge is 0.352 e. The van der Waals surface area contributed by atoms with Crippen molar-refractivity contribution in [1.82, 2.24) is 5.32 Å². The van der Waals surface area contributed by atoms with Crippen molar-refractivity contribution in [3.8, 4) is 0 Å². The zero-order chi connectivity index (χ0) is 22.6. The quantitative estimate of drug-likeness (QED) is 0.417. The molecule has 1 unspecified atom stereocenters. The number of fused-ring (bicyclic) bond motifs is 1. The third-order valence-electron chi connectivity index (χ3n) is 7.62. The van der Waals surface area contributed by atoms with E-state index >= 15 is 0 Å². The third-order valence-corrected chi connectivity index (χ3v) is 7.62. The Hall–Kier alpha value is -2.81. The number of hydrogen-bond donors (Lipinski definition) is 2. The molecule has 0 bridgehead atoms. The van der Waals surface area contributed by atoms with E-state index in [1.165, 1.54) is 48.0 Å². The van der Waals surface area contributed by atoms with Crippen molar-refractivity contribution in [2.24, 2.45) is 17.1 Å². The number of benzene rings is 2. The molecule has 0 aliphatic heterocycles. The molecule has 1 fully saturated rings. The summed E-state index contributed by atoms with van der Waals surface area (Å²) in [6, 6.07) is 21.1. The Morgan fingerprint density at radius 1 is 1.06 bits per heavy atom. The fraction of sp³-hybridized carbons (Fsp3) is 0.414. The van der Waals surface area contributed by atoms with Crippen LogP contribution >= 0.6 is 0 Å². The lowest BCUT2D eigenvalue weighted by Crippen LogP contribution is -2.43. The average molecular weight is 429 g/mol. The molecule has 0 aromatic heterocycles. The van der Waals surface area contributed by atoms with Crippen molar-refractivity contribution < 1.29 is 4.79 Å². The summed E-state index contributed by atoms with van der Waals surface area (Å²) in [5.41, 5.74) is 12.1. The van der Waals surface area contributed by atoms with E-state index in [0.717, 1.165) is 25.7 Å². The van der Waals surface area contributed by atoms with Crippen molar-refractivity contribution in [1.29, 1.82) is 0 Å². The number of carbonyl (C=O) groups excluding carboxylic acids is 1. The van der Waals surface area contributed by atoms with Crippen molar-refractivity contribution in [3.63, 3.8) is 0 Å². The highest BCUT2D eigenvalue weighted by atomic mass is 16.2. The third kappa shape index (κ3) is 4.13. The first-order chi connectivity index (χ1) is 15.6. The molecule has 2 aromatic rings. The lowest BCUT2D eigenvalue weighted by Gasteiger charge is -2.37. The van der Waals surface area contributed by atoms with Crippen LogP contribution in [0.15, 0.2) is 72.8 Å². The van der Waals surface area contributed by atoms with E-state index < -0.39 is 6.03 Å². The van der Waals surface area contributed by atoms with Gasteiger partial charge >= 0.3 is 6.03 Å². The molecule has 2 aliphatic carbocycles. The van der Waals surface area contributed by atoms with Gasteiger partial charge in [0.15, 0.2) is 0 Å². The molecule has 0 saturated heterocycles. The number of nitrogens with two attached hydrogens (primary N) is 1. The van der Waals surface area contributed by atoms with E-state index in [1.54, 1.807) is 5.57 Å². The summed E-state index contributed by atoms with van der Waals surface area (Å²) < 4.78 is 0. The SMILES string of the molecule is C=C(c1ccccc1)[C@@]12CC[C@@H](NC(N)=O)C1CC(CCCCCC)=C2c1ccccc1. The molecule has 4 rings (SSSR count). The van der Waals surface area contributed by atoms with E-state index in [2.05, 4.69) is 72.9 Å². The zero-order valence-electron chi connectivity index (χ0n) is 19.3. The van der Waals surface area contributed by atoms with Crippen LogP contribution in [0, 0.1) is 11.3 Å². The van der Waals surface area contributed by atoms with Gasteiger partial charge < -0.3 is 11.1 Å². The number of allylic oxidation sites excluding steroid dienone is 3. The minimum absolute atomic E-state index is 0.0832. The molecule has 0 spiro atoms. The summed E-state index contributed by atoms with van der Waals surface area (Å²) >= 11 is 0. The summed E-state index contributed by atoms with van der Waals surface area (Å²) in [5.74, 6) is 0.291. The number of rotatable bonds is 9. The number of urea groups is 1. The van der Waals surface area contributed by atoms with Crippen LogP contribution in [0.3, 0.4) is 0 Å². The summed E-state index contributed by atoms with van der Waals surface area (Å²) in [5, 5.41) is 3.08. The van der Waals surface area contributed by atoms with Crippen LogP contribution < -0.4 is 11.1 Å². The zero-order valence-corrected chi connectivity index (χ0v) is 19.3. The second kappa shape index (κ2) is 9.77. The molecule has 3 N–H and O–H groups in total. The number of primary amides is 1. The number of unbranched alkanes of at least 4 members (excludes halogenated alkanes) is 3. The van der Waals surface area contributed by atoms with Gasteiger partial charge in [0, 0.05) is 11.5 Å². The van der Waals surface area contributed by atoms with E-state index in [1.807, 2.05) is 0 Å². The van der Waals surface area contributed by atoms with Crippen LogP contribution in [0.25, 0.3) is 11.1 Å². The lowest BCUT2D eigenvalue weighted by molar-refractivity contribution is 0.239. The number of hydrogen-bond acceptors (Lipinski definition) is 1. The van der Waals surface area contributed by atoms with Crippen molar-refractivity contribution in [2.45, 2.75) is 64.3 Å². The molecule has 2 aromatic carbocycles. The maximum Gasteiger partial charge on any atom is 0.312 e. The van der Waals surface area contributed by atoms with Gasteiger partial charge in [-0.1, -0.05) is 99.0 Å². The fourth-order valence-corrected chi connectivity index (χ4v) is 6.26. The lowest BCUT2D eigenvalue weighted by atomic mass is 9.66. The second-order valence-electron chi connectivity index (χ2n) is 9.44. The van der Waals surface area contributed by atoms with Gasteiger partial charge in [0.1, 0.15) is 0 Å². The van der Waals surface area contributed by atoms with E-state index in [4.69, 9.17) is 12.3 Å². The molecule has 2 amide bonds. The Bertz CT molecular complexity index is 979. The van der Waals surface area contributed by atoms with Crippen LogP contribution in [0.5, 0.6) is 0 Å². The summed E-state index contributed by atoms with van der Waals surface area (Å²) in [6.07, 6.45) is 9.05. The number of amides is 2. The molecular formula is C29H36N2O. The number of nitrogens with one attached hydrogen (secondary N) is 1. The van der Waals surface area contributed by atoms with Gasteiger partial charge in [0.2, 0.25) is 0 Å². The molecule has 3 heteroatoms. The van der Waals surface area contributed by atoms with Crippen LogP contribution in [-0.4, -0.2) is 12.1 Å². The molecule has 3 atom stereocenters. The Kier molecular flexibility index (Phi) is 6.83. The van der Waals surface area contributed by atoms with Crippen LogP contribution in [0.1, 0.15) is 69.4 Å². The van der Waals surface area contributed by atoms with Crippen LogP contribution in [0.4, 0.5) is 4.79 Å². The highest BCUT2D eigenvalue weighted by Gasteiger charge is 2.57. The second-order valence-corrected chi connectivity index (χ2v) is 9.44. The van der Waals surface area contributed by atoms with Gasteiger partial charge in [0.05, 0.1) is 0 Å². The van der Waals surface area contributed by atoms with E-state index in [9.17, 15) is 4.79 Å². The Labute approximate surface area is 192 Å². The standard InChI is InChI=1S/C29H36N2O/c1-3-4-5-8-17-24-20-25-26(31-28(30)32)18-19-29(25,21(2)22-13-9-6-10-14-22)27(24)23-15-11-7-12-16-23/h6-7,9-16,25-26H,2-5,8,17-20H2,1H3,(H3,30,31,32)/t25?,26-,29+/m1/s1. The molecule has 0 heterocycles. The Morgan fingerprint density at radius 3 is 2.41 bits per heavy atom. The minimum Gasteiger partial charge on any atom is -0.352 e. The van der Waals surface area contributed by atoms with E-state index in [-0.39, 0.29) is 11.5 Å². The molecule has 1 saturated carbocycles. The first-order valence-electron chi connectivity index (χ1n) is 12.2. The maximum absolute atomic E-state index is 11.8. The van der Waals surface area contributed by atoms with Crippen LogP contribution in [0.2, 0.25) is 0 Å². The van der Waals surface area contributed by atoms with Gasteiger partial charge in [-0.05, 0) is 60.3 Å². The highest BCUT2D eigenvalue weighted by molar-refractivity contribution is 5.90. The van der Waals surface area contributed by atoms with Crippen molar-refractivity contribution >= 4 is 17.2 Å².